The van der Waals surface area contributed by atoms with Crippen LogP contribution in [0.1, 0.15) is 43.1 Å². The van der Waals surface area contributed by atoms with Crippen molar-refractivity contribution in [1.29, 1.82) is 0 Å². The molecule has 0 spiro atoms. The molecule has 0 amide bonds. The van der Waals surface area contributed by atoms with Crippen molar-refractivity contribution < 1.29 is 13.7 Å². The fraction of sp³-hybridized carbons (Fsp3) is 0.353. The highest BCUT2D eigenvalue weighted by molar-refractivity contribution is 5.58. The molecule has 0 saturated heterocycles. The molecule has 2 aromatic heterocycles. The molecule has 6 nitrogen and oxygen atoms in total. The molecule has 1 aliphatic carbocycles. The van der Waals surface area contributed by atoms with E-state index >= 15 is 0 Å². The molecule has 1 aromatic carbocycles. The number of ether oxygens (including phenoxy) is 1. The highest BCUT2D eigenvalue weighted by Crippen LogP contribution is 2.36. The van der Waals surface area contributed by atoms with E-state index in [1.54, 1.807) is 12.4 Å². The molecule has 7 heteroatoms. The van der Waals surface area contributed by atoms with Gasteiger partial charge in [-0.1, -0.05) is 18.0 Å². The zero-order valence-electron chi connectivity index (χ0n) is 12.9. The van der Waals surface area contributed by atoms with Gasteiger partial charge in [-0.15, -0.1) is 0 Å². The standard InChI is InChI=1S/C17H15FN4O2/c18-11-5-6-12-14(7-11)23-8-13-15(19-9-22(12)13)17-20-16(21-24-17)10-3-1-2-4-10/h5-7,9-10H,1-4,8H2. The Morgan fingerprint density at radius 3 is 2.96 bits per heavy atom. The highest BCUT2D eigenvalue weighted by atomic mass is 19.1. The van der Waals surface area contributed by atoms with Crippen LogP contribution in [-0.2, 0) is 6.61 Å². The molecular weight excluding hydrogens is 311 g/mol. The number of hydrogen-bond donors (Lipinski definition) is 0. The SMILES string of the molecule is Fc1ccc2c(c1)OCc1c(-c3nc(C4CCCC4)no3)ncn1-2. The zero-order chi connectivity index (χ0) is 16.1. The first kappa shape index (κ1) is 13.7. The Balaban J connectivity index is 1.54. The van der Waals surface area contributed by atoms with Crippen molar-refractivity contribution in [3.8, 4) is 23.0 Å². The van der Waals surface area contributed by atoms with Gasteiger partial charge in [-0.05, 0) is 25.0 Å². The largest absolute Gasteiger partial charge is 0.485 e. The van der Waals surface area contributed by atoms with Crippen molar-refractivity contribution in [3.05, 3.63) is 41.9 Å². The Morgan fingerprint density at radius 1 is 1.21 bits per heavy atom. The van der Waals surface area contributed by atoms with Gasteiger partial charge >= 0.3 is 0 Å². The van der Waals surface area contributed by atoms with Crippen molar-refractivity contribution >= 4 is 0 Å². The predicted molar refractivity (Wildman–Crippen MR) is 82.4 cm³/mol. The summed E-state index contributed by atoms with van der Waals surface area (Å²) >= 11 is 0. The van der Waals surface area contributed by atoms with Gasteiger partial charge in [-0.25, -0.2) is 9.37 Å². The fourth-order valence-corrected chi connectivity index (χ4v) is 3.53. The molecule has 0 N–H and O–H groups in total. The van der Waals surface area contributed by atoms with Gasteiger partial charge in [0.2, 0.25) is 0 Å². The summed E-state index contributed by atoms with van der Waals surface area (Å²) in [5.41, 5.74) is 2.21. The summed E-state index contributed by atoms with van der Waals surface area (Å²) in [6.07, 6.45) is 6.35. The monoisotopic (exact) mass is 326 g/mol. The molecule has 0 unspecified atom stereocenters. The molecule has 3 aromatic rings. The van der Waals surface area contributed by atoms with Crippen LogP contribution in [-0.4, -0.2) is 19.7 Å². The van der Waals surface area contributed by atoms with Gasteiger partial charge in [0.15, 0.2) is 11.5 Å². The van der Waals surface area contributed by atoms with Gasteiger partial charge in [0, 0.05) is 12.0 Å². The summed E-state index contributed by atoms with van der Waals surface area (Å²) in [5, 5.41) is 4.13. The molecule has 1 fully saturated rings. The molecule has 1 saturated carbocycles. The van der Waals surface area contributed by atoms with E-state index in [-0.39, 0.29) is 12.4 Å². The minimum Gasteiger partial charge on any atom is -0.485 e. The van der Waals surface area contributed by atoms with Gasteiger partial charge in [0.1, 0.15) is 24.5 Å². The number of benzene rings is 1. The van der Waals surface area contributed by atoms with Crippen molar-refractivity contribution in [1.82, 2.24) is 19.7 Å². The van der Waals surface area contributed by atoms with Crippen molar-refractivity contribution in [2.24, 2.45) is 0 Å². The van der Waals surface area contributed by atoms with Gasteiger partial charge in [0.25, 0.3) is 5.89 Å². The third-order valence-corrected chi connectivity index (χ3v) is 4.78. The third-order valence-electron chi connectivity index (χ3n) is 4.78. The lowest BCUT2D eigenvalue weighted by atomic mass is 10.1. The minimum atomic E-state index is -0.323. The van der Waals surface area contributed by atoms with Crippen LogP contribution in [0.15, 0.2) is 29.0 Å². The van der Waals surface area contributed by atoms with E-state index in [1.165, 1.54) is 25.0 Å². The molecule has 2 aliphatic rings. The van der Waals surface area contributed by atoms with E-state index in [1.807, 2.05) is 4.57 Å². The van der Waals surface area contributed by atoms with Crippen LogP contribution < -0.4 is 4.74 Å². The van der Waals surface area contributed by atoms with Crippen LogP contribution in [0.5, 0.6) is 5.75 Å². The second-order valence-electron chi connectivity index (χ2n) is 6.25. The van der Waals surface area contributed by atoms with Gasteiger partial charge in [-0.2, -0.15) is 4.98 Å². The number of aromatic nitrogens is 4. The molecule has 3 heterocycles. The Labute approximate surface area is 137 Å². The van der Waals surface area contributed by atoms with Crippen molar-refractivity contribution in [2.45, 2.75) is 38.2 Å². The van der Waals surface area contributed by atoms with E-state index in [0.717, 1.165) is 30.0 Å². The fourth-order valence-electron chi connectivity index (χ4n) is 3.53. The zero-order valence-corrected chi connectivity index (χ0v) is 12.9. The van der Waals surface area contributed by atoms with E-state index in [0.29, 0.717) is 23.3 Å². The van der Waals surface area contributed by atoms with Crippen molar-refractivity contribution in [3.63, 3.8) is 0 Å². The summed E-state index contributed by atoms with van der Waals surface area (Å²) in [7, 11) is 0. The summed E-state index contributed by atoms with van der Waals surface area (Å²) in [6.45, 7) is 0.285. The average molecular weight is 326 g/mol. The number of hydrogen-bond acceptors (Lipinski definition) is 5. The van der Waals surface area contributed by atoms with Crippen LogP contribution in [0.3, 0.4) is 0 Å². The maximum atomic E-state index is 13.4. The smallest absolute Gasteiger partial charge is 0.278 e. The maximum Gasteiger partial charge on any atom is 0.278 e. The lowest BCUT2D eigenvalue weighted by Gasteiger charge is -2.19. The summed E-state index contributed by atoms with van der Waals surface area (Å²) in [4.78, 5) is 8.97. The lowest BCUT2D eigenvalue weighted by molar-refractivity contribution is 0.283. The second-order valence-corrected chi connectivity index (χ2v) is 6.25. The highest BCUT2D eigenvalue weighted by Gasteiger charge is 2.27. The molecular formula is C17H15FN4O2. The number of rotatable bonds is 2. The van der Waals surface area contributed by atoms with Gasteiger partial charge < -0.3 is 9.26 Å². The van der Waals surface area contributed by atoms with E-state index in [4.69, 9.17) is 9.26 Å². The van der Waals surface area contributed by atoms with Gasteiger partial charge in [0.05, 0.1) is 11.4 Å². The first-order valence-corrected chi connectivity index (χ1v) is 8.12. The van der Waals surface area contributed by atoms with Gasteiger partial charge in [-0.3, -0.25) is 4.57 Å². The Hall–Kier alpha value is -2.70. The Bertz CT molecular complexity index is 911. The first-order chi connectivity index (χ1) is 11.8. The summed E-state index contributed by atoms with van der Waals surface area (Å²) in [6, 6.07) is 4.46. The molecule has 122 valence electrons. The normalized spacial score (nSPS) is 16.7. The number of fused-ring (bicyclic) bond motifs is 3. The van der Waals surface area contributed by atoms with Crippen molar-refractivity contribution in [2.75, 3.05) is 0 Å². The maximum absolute atomic E-state index is 13.4. The van der Waals surface area contributed by atoms with Crippen LogP contribution in [0.2, 0.25) is 0 Å². The molecule has 1 aliphatic heterocycles. The third kappa shape index (κ3) is 2.04. The molecule has 0 atom stereocenters. The number of nitrogens with zero attached hydrogens (tertiary/aromatic N) is 4. The van der Waals surface area contributed by atoms with E-state index in [9.17, 15) is 4.39 Å². The van der Waals surface area contributed by atoms with E-state index in [2.05, 4.69) is 15.1 Å². The minimum absolute atomic E-state index is 0.285. The quantitative estimate of drug-likeness (QED) is 0.720. The van der Waals surface area contributed by atoms with Crippen LogP contribution >= 0.6 is 0 Å². The molecule has 0 bridgehead atoms. The van der Waals surface area contributed by atoms with Crippen LogP contribution in [0, 0.1) is 5.82 Å². The summed E-state index contributed by atoms with van der Waals surface area (Å²) in [5.74, 6) is 1.75. The predicted octanol–water partition coefficient (Wildman–Crippen LogP) is 3.61. The van der Waals surface area contributed by atoms with Crippen LogP contribution in [0.4, 0.5) is 4.39 Å². The molecule has 24 heavy (non-hydrogen) atoms. The lowest BCUT2D eigenvalue weighted by Crippen LogP contribution is -2.12. The number of halogens is 1. The molecule has 0 radical (unpaired) electrons. The summed E-state index contributed by atoms with van der Waals surface area (Å²) < 4.78 is 26.3. The average Bonchev–Trinajstić information content (AvgIpc) is 3.32. The Kier molecular flexibility index (Phi) is 2.95. The topological polar surface area (TPSA) is 66.0 Å². The number of imidazole rings is 1. The second kappa shape index (κ2) is 5.15. The van der Waals surface area contributed by atoms with E-state index < -0.39 is 0 Å². The first-order valence-electron chi connectivity index (χ1n) is 8.12. The van der Waals surface area contributed by atoms with Crippen LogP contribution in [0.25, 0.3) is 17.3 Å². The Morgan fingerprint density at radius 2 is 2.08 bits per heavy atom. The molecule has 5 rings (SSSR count).